The summed E-state index contributed by atoms with van der Waals surface area (Å²) in [7, 11) is 1.43. The Labute approximate surface area is 239 Å². The summed E-state index contributed by atoms with van der Waals surface area (Å²) in [5.41, 5.74) is 2.17. The summed E-state index contributed by atoms with van der Waals surface area (Å²) < 4.78 is 35.9. The number of nitrogens with one attached hydrogen (secondary N) is 1. The molecule has 1 saturated carbocycles. The maximum absolute atomic E-state index is 16.4. The summed E-state index contributed by atoms with van der Waals surface area (Å²) in [6.07, 6.45) is 3.36. The van der Waals surface area contributed by atoms with Gasteiger partial charge >= 0.3 is 0 Å². The number of halogens is 2. The smallest absolute Gasteiger partial charge is 0.260 e. The summed E-state index contributed by atoms with van der Waals surface area (Å²) >= 11 is 0. The summed E-state index contributed by atoms with van der Waals surface area (Å²) in [4.78, 5) is 36.8. The number of hydrogen-bond acceptors (Lipinski definition) is 6. The minimum absolute atomic E-state index is 0.0146. The average Bonchev–Trinajstić information content (AvgIpc) is 3.38. The van der Waals surface area contributed by atoms with Crippen molar-refractivity contribution in [3.8, 4) is 22.5 Å². The molecule has 2 N–H and O–H groups in total. The second-order valence-electron chi connectivity index (χ2n) is 10.2. The van der Waals surface area contributed by atoms with Gasteiger partial charge in [-0.15, -0.1) is 0 Å². The van der Waals surface area contributed by atoms with Gasteiger partial charge in [0.1, 0.15) is 23.0 Å². The fourth-order valence-electron chi connectivity index (χ4n) is 5.29. The number of fused-ring (bicyclic) bond motifs is 1. The van der Waals surface area contributed by atoms with Crippen LogP contribution in [-0.2, 0) is 0 Å². The van der Waals surface area contributed by atoms with E-state index < -0.39 is 23.6 Å². The first-order valence-corrected chi connectivity index (χ1v) is 13.4. The van der Waals surface area contributed by atoms with Gasteiger partial charge in [-0.1, -0.05) is 6.07 Å². The monoisotopic (exact) mass is 568 g/mol. The number of aryl methyl sites for hydroxylation is 1. The fourth-order valence-corrected chi connectivity index (χ4v) is 5.29. The van der Waals surface area contributed by atoms with E-state index in [9.17, 15) is 19.1 Å². The van der Waals surface area contributed by atoms with Gasteiger partial charge in [-0.25, -0.2) is 18.7 Å². The number of amides is 2. The van der Waals surface area contributed by atoms with Crippen LogP contribution in [0.4, 0.5) is 14.7 Å². The quantitative estimate of drug-likeness (QED) is 0.273. The van der Waals surface area contributed by atoms with Crippen molar-refractivity contribution in [1.29, 1.82) is 0 Å². The molecule has 3 aromatic carbocycles. The van der Waals surface area contributed by atoms with E-state index in [1.165, 1.54) is 48.6 Å². The van der Waals surface area contributed by atoms with Crippen LogP contribution >= 0.6 is 0 Å². The standard InChI is InChI=1S/C32H26F2N4O4/c1-17-4-5-19(31(41)38(21-15-22(39)16-21)32-36-12-3-13-37-32)14-24(17)23-10-11-25-26(28(23)34)27(30(40)35-2)29(42-25)18-6-8-20(33)9-7-18/h3-14,21-22,39H,15-16H2,1-2H3,(H,35,40). The number of furan rings is 1. The number of nitrogens with zero attached hydrogens (tertiary/aromatic N) is 3. The third kappa shape index (κ3) is 4.69. The van der Waals surface area contributed by atoms with E-state index >= 15 is 4.39 Å². The van der Waals surface area contributed by atoms with Crippen LogP contribution in [0.25, 0.3) is 33.4 Å². The number of hydrogen-bond donors (Lipinski definition) is 2. The van der Waals surface area contributed by atoms with Crippen LogP contribution in [-0.4, -0.2) is 46.1 Å². The number of aliphatic hydroxyl groups is 1. The van der Waals surface area contributed by atoms with Crippen molar-refractivity contribution in [1.82, 2.24) is 15.3 Å². The molecule has 0 radical (unpaired) electrons. The molecule has 1 aliphatic carbocycles. The van der Waals surface area contributed by atoms with E-state index in [0.717, 1.165) is 0 Å². The third-order valence-electron chi connectivity index (χ3n) is 7.57. The molecule has 0 bridgehead atoms. The number of carbonyl (C=O) groups is 2. The second-order valence-corrected chi connectivity index (χ2v) is 10.2. The highest BCUT2D eigenvalue weighted by molar-refractivity contribution is 6.12. The molecular weight excluding hydrogens is 542 g/mol. The Bertz CT molecular complexity index is 1820. The largest absolute Gasteiger partial charge is 0.455 e. The van der Waals surface area contributed by atoms with Gasteiger partial charge in [0.25, 0.3) is 11.8 Å². The van der Waals surface area contributed by atoms with Crippen molar-refractivity contribution in [3.05, 3.63) is 101 Å². The van der Waals surface area contributed by atoms with Crippen molar-refractivity contribution >= 4 is 28.7 Å². The molecule has 2 amide bonds. The lowest BCUT2D eigenvalue weighted by Crippen LogP contribution is -2.50. The second kappa shape index (κ2) is 10.8. The average molecular weight is 569 g/mol. The van der Waals surface area contributed by atoms with Crippen LogP contribution in [0, 0.1) is 18.6 Å². The highest BCUT2D eigenvalue weighted by Gasteiger charge is 2.38. The van der Waals surface area contributed by atoms with Crippen molar-refractivity contribution in [2.45, 2.75) is 31.9 Å². The minimum atomic E-state index is -0.693. The van der Waals surface area contributed by atoms with Crippen LogP contribution in [0.15, 0.2) is 77.5 Å². The maximum Gasteiger partial charge on any atom is 0.260 e. The molecule has 5 aromatic rings. The first kappa shape index (κ1) is 27.2. The molecule has 42 heavy (non-hydrogen) atoms. The van der Waals surface area contributed by atoms with Gasteiger partial charge in [0, 0.05) is 42.2 Å². The lowest BCUT2D eigenvalue weighted by Gasteiger charge is -2.39. The summed E-state index contributed by atoms with van der Waals surface area (Å²) in [5.74, 6) is -1.76. The van der Waals surface area contributed by atoms with Crippen LogP contribution < -0.4 is 10.2 Å². The van der Waals surface area contributed by atoms with Gasteiger partial charge in [-0.3, -0.25) is 14.5 Å². The summed E-state index contributed by atoms with van der Waals surface area (Å²) in [6.45, 7) is 1.80. The Hall–Kier alpha value is -4.96. The molecule has 8 nitrogen and oxygen atoms in total. The van der Waals surface area contributed by atoms with Crippen molar-refractivity contribution in [2.24, 2.45) is 0 Å². The van der Waals surface area contributed by atoms with Crippen molar-refractivity contribution in [2.75, 3.05) is 11.9 Å². The van der Waals surface area contributed by atoms with Crippen molar-refractivity contribution < 1.29 is 27.9 Å². The van der Waals surface area contributed by atoms with E-state index in [1.54, 1.807) is 43.3 Å². The Kier molecular flexibility index (Phi) is 6.99. The molecule has 1 fully saturated rings. The molecule has 0 unspecified atom stereocenters. The predicted octanol–water partition coefficient (Wildman–Crippen LogP) is 5.67. The highest BCUT2D eigenvalue weighted by atomic mass is 19.1. The SMILES string of the molecule is CNC(=O)c1c(-c2ccc(F)cc2)oc2ccc(-c3cc(C(=O)N(c4ncccn4)C4CC(O)C4)ccc3C)c(F)c12. The zero-order chi connectivity index (χ0) is 29.5. The molecule has 0 spiro atoms. The minimum Gasteiger partial charge on any atom is -0.455 e. The molecule has 212 valence electrons. The van der Waals surface area contributed by atoms with Crippen LogP contribution in [0.2, 0.25) is 0 Å². The number of anilines is 1. The zero-order valence-corrected chi connectivity index (χ0v) is 22.8. The van der Waals surface area contributed by atoms with E-state index in [0.29, 0.717) is 29.5 Å². The summed E-state index contributed by atoms with van der Waals surface area (Å²) in [6, 6.07) is 14.9. The third-order valence-corrected chi connectivity index (χ3v) is 7.57. The van der Waals surface area contributed by atoms with Gasteiger partial charge in [0.2, 0.25) is 5.95 Å². The lowest BCUT2D eigenvalue weighted by molar-refractivity contribution is 0.0662. The van der Waals surface area contributed by atoms with E-state index in [4.69, 9.17) is 4.42 Å². The predicted molar refractivity (Wildman–Crippen MR) is 153 cm³/mol. The van der Waals surface area contributed by atoms with Gasteiger partial charge in [-0.05, 0) is 85.5 Å². The Morgan fingerprint density at radius 1 is 1.00 bits per heavy atom. The molecule has 2 heterocycles. The number of rotatable bonds is 6. The Morgan fingerprint density at radius 3 is 2.38 bits per heavy atom. The van der Waals surface area contributed by atoms with E-state index in [-0.39, 0.29) is 51.3 Å². The van der Waals surface area contributed by atoms with E-state index in [2.05, 4.69) is 15.3 Å². The van der Waals surface area contributed by atoms with Gasteiger partial charge in [0.05, 0.1) is 17.1 Å². The first-order valence-electron chi connectivity index (χ1n) is 13.4. The molecule has 0 aliphatic heterocycles. The molecule has 1 aliphatic rings. The molecular formula is C32H26F2N4O4. The Balaban J connectivity index is 1.47. The number of carbonyl (C=O) groups excluding carboxylic acids is 2. The number of benzene rings is 3. The zero-order valence-electron chi connectivity index (χ0n) is 22.8. The number of aliphatic hydroxyl groups excluding tert-OH is 1. The maximum atomic E-state index is 16.4. The topological polar surface area (TPSA) is 109 Å². The highest BCUT2D eigenvalue weighted by Crippen LogP contribution is 2.40. The van der Waals surface area contributed by atoms with Crippen LogP contribution in [0.1, 0.15) is 39.1 Å². The van der Waals surface area contributed by atoms with Gasteiger partial charge in [-0.2, -0.15) is 0 Å². The van der Waals surface area contributed by atoms with Gasteiger partial charge < -0.3 is 14.8 Å². The molecule has 0 saturated heterocycles. The van der Waals surface area contributed by atoms with Gasteiger partial charge in [0.15, 0.2) is 0 Å². The molecule has 6 rings (SSSR count). The first-order chi connectivity index (χ1) is 20.3. The molecule has 10 heteroatoms. The lowest BCUT2D eigenvalue weighted by atomic mass is 9.87. The molecule has 2 aromatic heterocycles. The number of aromatic nitrogens is 2. The molecule has 0 atom stereocenters. The van der Waals surface area contributed by atoms with E-state index in [1.807, 2.05) is 0 Å². The summed E-state index contributed by atoms with van der Waals surface area (Å²) in [5, 5.41) is 12.4. The Morgan fingerprint density at radius 2 is 1.71 bits per heavy atom. The van der Waals surface area contributed by atoms with Crippen LogP contribution in [0.5, 0.6) is 0 Å². The van der Waals surface area contributed by atoms with Crippen LogP contribution in [0.3, 0.4) is 0 Å². The fraction of sp³-hybridized carbons (Fsp3) is 0.188. The van der Waals surface area contributed by atoms with Crippen molar-refractivity contribution in [3.63, 3.8) is 0 Å². The normalized spacial score (nSPS) is 16.2.